The van der Waals surface area contributed by atoms with Crippen molar-refractivity contribution in [2.45, 2.75) is 24.3 Å². The molecule has 0 aliphatic carbocycles. The van der Waals surface area contributed by atoms with Gasteiger partial charge in [-0.15, -0.1) is 0 Å². The molecular weight excluding hydrogens is 304 g/mol. The standard InChI is InChI=1S/C15H18N2O4S/c1-11(13-4-6-14(7-5-13)22(3,19)20)21-15(18)8-12-9-16-17(2)10-12/h4-7,9-11H,8H2,1-3H3/t11-/m1/s1. The van der Waals surface area contributed by atoms with Crippen molar-refractivity contribution in [2.24, 2.45) is 7.05 Å². The van der Waals surface area contributed by atoms with E-state index in [9.17, 15) is 13.2 Å². The van der Waals surface area contributed by atoms with Crippen LogP contribution in [0.2, 0.25) is 0 Å². The molecule has 0 unspecified atom stereocenters. The number of ether oxygens (including phenoxy) is 1. The highest BCUT2D eigenvalue weighted by Gasteiger charge is 2.14. The molecule has 0 fully saturated rings. The van der Waals surface area contributed by atoms with Gasteiger partial charge in [-0.05, 0) is 24.6 Å². The minimum absolute atomic E-state index is 0.152. The van der Waals surface area contributed by atoms with Crippen LogP contribution in [0.4, 0.5) is 0 Å². The summed E-state index contributed by atoms with van der Waals surface area (Å²) in [5, 5.41) is 3.99. The van der Waals surface area contributed by atoms with Crippen LogP contribution in [-0.4, -0.2) is 30.4 Å². The van der Waals surface area contributed by atoms with Crippen molar-refractivity contribution >= 4 is 15.8 Å². The summed E-state index contributed by atoms with van der Waals surface area (Å²) >= 11 is 0. The molecule has 118 valence electrons. The molecule has 6 nitrogen and oxygen atoms in total. The number of aryl methyl sites for hydroxylation is 1. The fourth-order valence-electron chi connectivity index (χ4n) is 2.02. The van der Waals surface area contributed by atoms with Crippen molar-refractivity contribution in [3.05, 3.63) is 47.8 Å². The number of benzene rings is 1. The molecule has 1 atom stereocenters. The van der Waals surface area contributed by atoms with Crippen LogP contribution in [-0.2, 0) is 32.8 Å². The first-order valence-corrected chi connectivity index (χ1v) is 8.62. The lowest BCUT2D eigenvalue weighted by Gasteiger charge is -2.13. The molecule has 0 bridgehead atoms. The molecule has 0 radical (unpaired) electrons. The summed E-state index contributed by atoms with van der Waals surface area (Å²) in [6.07, 6.45) is 4.23. The monoisotopic (exact) mass is 322 g/mol. The van der Waals surface area contributed by atoms with E-state index in [4.69, 9.17) is 4.74 Å². The maximum atomic E-state index is 11.9. The van der Waals surface area contributed by atoms with Crippen LogP contribution in [0, 0.1) is 0 Å². The van der Waals surface area contributed by atoms with Gasteiger partial charge in [0.05, 0.1) is 17.5 Å². The van der Waals surface area contributed by atoms with E-state index >= 15 is 0 Å². The predicted octanol–water partition coefficient (Wildman–Crippen LogP) is 1.67. The SMILES string of the molecule is C[C@@H](OC(=O)Cc1cnn(C)c1)c1ccc(S(C)(=O)=O)cc1. The number of carbonyl (C=O) groups excluding carboxylic acids is 1. The third kappa shape index (κ3) is 4.17. The Labute approximate surface area is 129 Å². The van der Waals surface area contributed by atoms with E-state index in [0.717, 1.165) is 17.4 Å². The van der Waals surface area contributed by atoms with Gasteiger partial charge in [-0.2, -0.15) is 5.10 Å². The number of sulfone groups is 1. The first-order chi connectivity index (χ1) is 10.3. The lowest BCUT2D eigenvalue weighted by atomic mass is 10.1. The molecule has 1 aromatic carbocycles. The molecule has 0 N–H and O–H groups in total. The predicted molar refractivity (Wildman–Crippen MR) is 81.0 cm³/mol. The first kappa shape index (κ1) is 16.2. The highest BCUT2D eigenvalue weighted by Crippen LogP contribution is 2.20. The van der Waals surface area contributed by atoms with Crippen molar-refractivity contribution in [3.63, 3.8) is 0 Å². The van der Waals surface area contributed by atoms with Crippen LogP contribution in [0.1, 0.15) is 24.2 Å². The van der Waals surface area contributed by atoms with Gasteiger partial charge in [0.1, 0.15) is 6.10 Å². The lowest BCUT2D eigenvalue weighted by Crippen LogP contribution is -2.11. The van der Waals surface area contributed by atoms with Crippen molar-refractivity contribution in [3.8, 4) is 0 Å². The van der Waals surface area contributed by atoms with Gasteiger partial charge in [0.2, 0.25) is 0 Å². The second kappa shape index (κ2) is 6.31. The number of hydrogen-bond acceptors (Lipinski definition) is 5. The second-order valence-corrected chi connectivity index (χ2v) is 7.19. The van der Waals surface area contributed by atoms with Crippen LogP contribution >= 0.6 is 0 Å². The van der Waals surface area contributed by atoms with E-state index in [2.05, 4.69) is 5.10 Å². The number of hydrogen-bond donors (Lipinski definition) is 0. The van der Waals surface area contributed by atoms with E-state index in [-0.39, 0.29) is 17.3 Å². The minimum Gasteiger partial charge on any atom is -0.458 e. The van der Waals surface area contributed by atoms with E-state index in [1.807, 2.05) is 0 Å². The molecule has 0 saturated carbocycles. The Morgan fingerprint density at radius 3 is 2.45 bits per heavy atom. The summed E-state index contributed by atoms with van der Waals surface area (Å²) in [6.45, 7) is 1.75. The Bertz CT molecular complexity index is 763. The largest absolute Gasteiger partial charge is 0.458 e. The zero-order valence-corrected chi connectivity index (χ0v) is 13.5. The molecule has 0 aliphatic rings. The summed E-state index contributed by atoms with van der Waals surface area (Å²) in [5.74, 6) is -0.354. The van der Waals surface area contributed by atoms with Gasteiger partial charge in [0, 0.05) is 25.1 Å². The van der Waals surface area contributed by atoms with Gasteiger partial charge in [-0.1, -0.05) is 12.1 Å². The van der Waals surface area contributed by atoms with Gasteiger partial charge in [0.25, 0.3) is 0 Å². The number of nitrogens with zero attached hydrogens (tertiary/aromatic N) is 2. The number of esters is 1. The van der Waals surface area contributed by atoms with Crippen LogP contribution in [0.25, 0.3) is 0 Å². The Balaban J connectivity index is 1.99. The molecule has 0 saturated heterocycles. The Morgan fingerprint density at radius 1 is 1.32 bits per heavy atom. The summed E-state index contributed by atoms with van der Waals surface area (Å²) in [5.41, 5.74) is 1.53. The Kier molecular flexibility index (Phi) is 4.65. The molecule has 0 spiro atoms. The summed E-state index contributed by atoms with van der Waals surface area (Å²) in [6, 6.07) is 6.32. The van der Waals surface area contributed by atoms with Crippen molar-refractivity contribution in [1.29, 1.82) is 0 Å². The average molecular weight is 322 g/mol. The van der Waals surface area contributed by atoms with Gasteiger partial charge in [-0.25, -0.2) is 8.42 Å². The molecule has 0 amide bonds. The molecule has 7 heteroatoms. The fraction of sp³-hybridized carbons (Fsp3) is 0.333. The van der Waals surface area contributed by atoms with Crippen molar-refractivity contribution in [1.82, 2.24) is 9.78 Å². The summed E-state index contributed by atoms with van der Waals surface area (Å²) < 4.78 is 29.8. The molecular formula is C15H18N2O4S. The van der Waals surface area contributed by atoms with Crippen LogP contribution in [0.5, 0.6) is 0 Å². The van der Waals surface area contributed by atoms with Crippen LogP contribution in [0.3, 0.4) is 0 Å². The molecule has 1 heterocycles. The zero-order chi connectivity index (χ0) is 16.3. The third-order valence-electron chi connectivity index (χ3n) is 3.19. The van der Waals surface area contributed by atoms with E-state index in [0.29, 0.717) is 0 Å². The topological polar surface area (TPSA) is 78.3 Å². The fourth-order valence-corrected chi connectivity index (χ4v) is 2.65. The second-order valence-electron chi connectivity index (χ2n) is 5.17. The van der Waals surface area contributed by atoms with Crippen LogP contribution in [0.15, 0.2) is 41.6 Å². The zero-order valence-electron chi connectivity index (χ0n) is 12.7. The average Bonchev–Trinajstić information content (AvgIpc) is 2.83. The van der Waals surface area contributed by atoms with Gasteiger partial charge < -0.3 is 4.74 Å². The highest BCUT2D eigenvalue weighted by molar-refractivity contribution is 7.90. The molecule has 2 aromatic rings. The van der Waals surface area contributed by atoms with Gasteiger partial charge in [0.15, 0.2) is 9.84 Å². The molecule has 2 rings (SSSR count). The normalized spacial score (nSPS) is 12.9. The maximum absolute atomic E-state index is 11.9. The van der Waals surface area contributed by atoms with Crippen molar-refractivity contribution < 1.29 is 17.9 Å². The lowest BCUT2D eigenvalue weighted by molar-refractivity contribution is -0.147. The van der Waals surface area contributed by atoms with Gasteiger partial charge >= 0.3 is 5.97 Å². The quantitative estimate of drug-likeness (QED) is 0.783. The van der Waals surface area contributed by atoms with Crippen molar-refractivity contribution in [2.75, 3.05) is 6.26 Å². The molecule has 0 aliphatic heterocycles. The number of carbonyl (C=O) groups is 1. The van der Waals surface area contributed by atoms with Crippen LogP contribution < -0.4 is 0 Å². The Morgan fingerprint density at radius 2 is 1.95 bits per heavy atom. The maximum Gasteiger partial charge on any atom is 0.310 e. The first-order valence-electron chi connectivity index (χ1n) is 6.73. The number of aromatic nitrogens is 2. The van der Waals surface area contributed by atoms with E-state index < -0.39 is 15.9 Å². The minimum atomic E-state index is -3.22. The molecule has 1 aromatic heterocycles. The highest BCUT2D eigenvalue weighted by atomic mass is 32.2. The van der Waals surface area contributed by atoms with E-state index in [1.54, 1.807) is 43.2 Å². The number of rotatable bonds is 5. The van der Waals surface area contributed by atoms with E-state index in [1.165, 1.54) is 12.1 Å². The van der Waals surface area contributed by atoms with Gasteiger partial charge in [-0.3, -0.25) is 9.48 Å². The smallest absolute Gasteiger partial charge is 0.310 e. The molecule has 22 heavy (non-hydrogen) atoms. The Hall–Kier alpha value is -2.15. The third-order valence-corrected chi connectivity index (χ3v) is 4.32. The summed E-state index contributed by atoms with van der Waals surface area (Å²) in [7, 11) is -1.45. The summed E-state index contributed by atoms with van der Waals surface area (Å²) in [4.78, 5) is 12.1.